The molecular weight excluding hydrogens is 286 g/mol. The molecular formula is C11H10BrN3O2. The van der Waals surface area contributed by atoms with Crippen molar-refractivity contribution in [2.45, 2.75) is 6.92 Å². The van der Waals surface area contributed by atoms with Gasteiger partial charge >= 0.3 is 0 Å². The lowest BCUT2D eigenvalue weighted by Crippen LogP contribution is -2.11. The summed E-state index contributed by atoms with van der Waals surface area (Å²) in [6.07, 6.45) is 0. The van der Waals surface area contributed by atoms with Gasteiger partial charge in [-0.1, -0.05) is 0 Å². The highest BCUT2D eigenvalue weighted by Crippen LogP contribution is 2.24. The van der Waals surface area contributed by atoms with Crippen LogP contribution < -0.4 is 5.32 Å². The first kappa shape index (κ1) is 11.7. The molecule has 1 aromatic carbocycles. The predicted octanol–water partition coefficient (Wildman–Crippen LogP) is 2.44. The summed E-state index contributed by atoms with van der Waals surface area (Å²) in [4.78, 5) is 11.8. The summed E-state index contributed by atoms with van der Waals surface area (Å²) in [5.41, 5.74) is 1.23. The minimum absolute atomic E-state index is 0.0239. The van der Waals surface area contributed by atoms with Crippen LogP contribution in [0.5, 0.6) is 5.75 Å². The molecule has 3 N–H and O–H groups in total. The van der Waals surface area contributed by atoms with Crippen molar-refractivity contribution >= 4 is 27.7 Å². The Hall–Kier alpha value is -1.82. The van der Waals surface area contributed by atoms with Gasteiger partial charge in [0.25, 0.3) is 5.91 Å². The summed E-state index contributed by atoms with van der Waals surface area (Å²) in [6, 6.07) is 6.33. The van der Waals surface area contributed by atoms with Crippen LogP contribution in [0.1, 0.15) is 16.1 Å². The number of benzene rings is 1. The third kappa shape index (κ3) is 2.65. The Kier molecular flexibility index (Phi) is 3.14. The van der Waals surface area contributed by atoms with Crippen LogP contribution in [0.25, 0.3) is 0 Å². The molecule has 5 nitrogen and oxygen atoms in total. The zero-order valence-corrected chi connectivity index (χ0v) is 10.6. The van der Waals surface area contributed by atoms with E-state index in [1.807, 2.05) is 6.92 Å². The molecule has 0 aliphatic heterocycles. The van der Waals surface area contributed by atoms with Gasteiger partial charge in [-0.15, -0.1) is 0 Å². The van der Waals surface area contributed by atoms with Gasteiger partial charge in [-0.2, -0.15) is 5.10 Å². The molecule has 0 unspecified atom stereocenters. The van der Waals surface area contributed by atoms with Gasteiger partial charge in [0.15, 0.2) is 5.82 Å². The Morgan fingerprint density at radius 3 is 2.82 bits per heavy atom. The average Bonchev–Trinajstić information content (AvgIpc) is 2.68. The van der Waals surface area contributed by atoms with Crippen LogP contribution in [0.3, 0.4) is 0 Å². The number of hydrogen-bond acceptors (Lipinski definition) is 3. The van der Waals surface area contributed by atoms with E-state index < -0.39 is 0 Å². The van der Waals surface area contributed by atoms with Crippen molar-refractivity contribution in [1.82, 2.24) is 10.2 Å². The highest BCUT2D eigenvalue weighted by atomic mass is 79.9. The molecule has 1 amide bonds. The van der Waals surface area contributed by atoms with Crippen molar-refractivity contribution in [1.29, 1.82) is 0 Å². The first-order valence-electron chi connectivity index (χ1n) is 4.88. The molecule has 0 fully saturated rings. The zero-order valence-electron chi connectivity index (χ0n) is 8.99. The molecule has 88 valence electrons. The second-order valence-electron chi connectivity index (χ2n) is 3.56. The quantitative estimate of drug-likeness (QED) is 0.796. The third-order valence-electron chi connectivity index (χ3n) is 2.16. The highest BCUT2D eigenvalue weighted by molar-refractivity contribution is 9.10. The van der Waals surface area contributed by atoms with Gasteiger partial charge in [0, 0.05) is 17.3 Å². The number of aromatic amines is 1. The maximum Gasteiger partial charge on any atom is 0.256 e. The summed E-state index contributed by atoms with van der Waals surface area (Å²) in [7, 11) is 0. The molecule has 1 heterocycles. The minimum Gasteiger partial charge on any atom is -0.507 e. The summed E-state index contributed by atoms with van der Waals surface area (Å²) in [6.45, 7) is 1.84. The Bertz CT molecular complexity index is 566. The van der Waals surface area contributed by atoms with E-state index in [1.165, 1.54) is 6.07 Å². The molecule has 0 saturated carbocycles. The molecule has 0 aliphatic rings. The number of nitrogens with one attached hydrogen (secondary N) is 2. The molecule has 0 bridgehead atoms. The molecule has 0 spiro atoms. The van der Waals surface area contributed by atoms with Gasteiger partial charge < -0.3 is 10.4 Å². The number of hydrogen-bond donors (Lipinski definition) is 3. The topological polar surface area (TPSA) is 78.0 Å². The van der Waals surface area contributed by atoms with Crippen molar-refractivity contribution in [3.8, 4) is 5.75 Å². The average molecular weight is 296 g/mol. The van der Waals surface area contributed by atoms with Crippen LogP contribution in [0.2, 0.25) is 0 Å². The van der Waals surface area contributed by atoms with Crippen molar-refractivity contribution in [3.05, 3.63) is 40.0 Å². The van der Waals surface area contributed by atoms with Crippen LogP contribution >= 0.6 is 15.9 Å². The summed E-state index contributed by atoms with van der Waals surface area (Å²) >= 11 is 3.15. The lowest BCUT2D eigenvalue weighted by Gasteiger charge is -2.03. The number of aromatic hydroxyl groups is 1. The number of carbonyl (C=O) groups excluding carboxylic acids is 1. The third-order valence-corrected chi connectivity index (χ3v) is 2.83. The van der Waals surface area contributed by atoms with E-state index in [9.17, 15) is 9.90 Å². The number of aromatic nitrogens is 2. The first-order valence-corrected chi connectivity index (χ1v) is 5.67. The monoisotopic (exact) mass is 295 g/mol. The molecule has 6 heteroatoms. The number of phenols is 1. The summed E-state index contributed by atoms with van der Waals surface area (Å²) in [5.74, 6) is 0.157. The lowest BCUT2D eigenvalue weighted by molar-refractivity contribution is 0.102. The normalized spacial score (nSPS) is 10.2. The van der Waals surface area contributed by atoms with E-state index in [2.05, 4.69) is 31.4 Å². The number of anilines is 1. The highest BCUT2D eigenvalue weighted by Gasteiger charge is 2.09. The molecule has 0 radical (unpaired) electrons. The second-order valence-corrected chi connectivity index (χ2v) is 4.41. The number of aryl methyl sites for hydroxylation is 1. The van der Waals surface area contributed by atoms with E-state index >= 15 is 0 Å². The molecule has 0 atom stereocenters. The van der Waals surface area contributed by atoms with E-state index in [4.69, 9.17) is 0 Å². The summed E-state index contributed by atoms with van der Waals surface area (Å²) < 4.78 is 0.546. The van der Waals surface area contributed by atoms with Crippen LogP contribution in [0.4, 0.5) is 5.82 Å². The molecule has 0 aliphatic carbocycles. The maximum absolute atomic E-state index is 11.8. The van der Waals surface area contributed by atoms with E-state index in [0.29, 0.717) is 15.9 Å². The number of phenolic OH excluding ortho intramolecular Hbond substituents is 1. The first-order chi connectivity index (χ1) is 8.06. The number of amides is 1. The van der Waals surface area contributed by atoms with Crippen LogP contribution in [-0.2, 0) is 0 Å². The predicted molar refractivity (Wildman–Crippen MR) is 67.1 cm³/mol. The Labute approximate surface area is 106 Å². The van der Waals surface area contributed by atoms with Crippen LogP contribution in [-0.4, -0.2) is 21.2 Å². The van der Waals surface area contributed by atoms with Gasteiger partial charge in [0.1, 0.15) is 5.75 Å². The van der Waals surface area contributed by atoms with Crippen LogP contribution in [0.15, 0.2) is 28.7 Å². The van der Waals surface area contributed by atoms with E-state index in [0.717, 1.165) is 5.69 Å². The fraction of sp³-hybridized carbons (Fsp3) is 0.0909. The molecule has 2 aromatic rings. The molecule has 17 heavy (non-hydrogen) atoms. The van der Waals surface area contributed by atoms with Gasteiger partial charge in [-0.3, -0.25) is 9.89 Å². The SMILES string of the molecule is Cc1cc(NC(=O)c2ccc(Br)c(O)c2)n[nH]1. The number of H-pyrrole nitrogens is 1. The Balaban J connectivity index is 2.17. The Morgan fingerprint density at radius 2 is 2.24 bits per heavy atom. The van der Waals surface area contributed by atoms with Crippen molar-refractivity contribution in [2.75, 3.05) is 5.32 Å². The fourth-order valence-corrected chi connectivity index (χ4v) is 1.57. The second kappa shape index (κ2) is 4.58. The van der Waals surface area contributed by atoms with E-state index in [1.54, 1.807) is 18.2 Å². The van der Waals surface area contributed by atoms with Gasteiger partial charge in [0.2, 0.25) is 0 Å². The fourth-order valence-electron chi connectivity index (χ4n) is 1.32. The number of halogens is 1. The standard InChI is InChI=1S/C11H10BrN3O2/c1-6-4-10(15-14-6)13-11(17)7-2-3-8(12)9(16)5-7/h2-5,16H,1H3,(H2,13,14,15,17). The molecule has 1 aromatic heterocycles. The van der Waals surface area contributed by atoms with Gasteiger partial charge in [-0.25, -0.2) is 0 Å². The van der Waals surface area contributed by atoms with Crippen molar-refractivity contribution in [3.63, 3.8) is 0 Å². The number of nitrogens with zero attached hydrogens (tertiary/aromatic N) is 1. The van der Waals surface area contributed by atoms with Crippen molar-refractivity contribution < 1.29 is 9.90 Å². The van der Waals surface area contributed by atoms with E-state index in [-0.39, 0.29) is 11.7 Å². The lowest BCUT2D eigenvalue weighted by atomic mass is 10.2. The zero-order chi connectivity index (χ0) is 12.4. The Morgan fingerprint density at radius 1 is 1.47 bits per heavy atom. The smallest absolute Gasteiger partial charge is 0.256 e. The summed E-state index contributed by atoms with van der Waals surface area (Å²) in [5, 5.41) is 18.7. The van der Waals surface area contributed by atoms with Crippen LogP contribution in [0, 0.1) is 6.92 Å². The largest absolute Gasteiger partial charge is 0.507 e. The number of rotatable bonds is 2. The molecule has 0 saturated heterocycles. The maximum atomic E-state index is 11.8. The van der Waals surface area contributed by atoms with Gasteiger partial charge in [-0.05, 0) is 41.1 Å². The molecule has 2 rings (SSSR count). The number of carbonyl (C=O) groups is 1. The van der Waals surface area contributed by atoms with Gasteiger partial charge in [0.05, 0.1) is 4.47 Å². The minimum atomic E-state index is -0.320. The van der Waals surface area contributed by atoms with Crippen molar-refractivity contribution in [2.24, 2.45) is 0 Å².